The number of ether oxygens (including phenoxy) is 4. The number of hydrazine groups is 1. The number of methoxy groups -OCH3 is 3. The Kier molecular flexibility index (Phi) is 7.52. The van der Waals surface area contributed by atoms with Crippen molar-refractivity contribution in [3.63, 3.8) is 0 Å². The van der Waals surface area contributed by atoms with Gasteiger partial charge >= 0.3 is 6.09 Å². The van der Waals surface area contributed by atoms with Crippen molar-refractivity contribution in [3.05, 3.63) is 17.7 Å². The third kappa shape index (κ3) is 5.57. The average molecular weight is 326 g/mol. The normalized spacial score (nSPS) is 9.74. The Balaban J connectivity index is 2.63. The molecule has 0 saturated carbocycles. The molecule has 0 heterocycles. The molecule has 23 heavy (non-hydrogen) atoms. The summed E-state index contributed by atoms with van der Waals surface area (Å²) in [6.45, 7) is 1.90. The molecule has 2 amide bonds. The second kappa shape index (κ2) is 9.39. The first-order valence-corrected chi connectivity index (χ1v) is 7.06. The molecule has 0 spiro atoms. The van der Waals surface area contributed by atoms with Crippen LogP contribution in [0.3, 0.4) is 0 Å². The van der Waals surface area contributed by atoms with Crippen LogP contribution in [0.2, 0.25) is 0 Å². The molecular formula is C15H22N2O6. The van der Waals surface area contributed by atoms with Crippen LogP contribution in [-0.4, -0.2) is 39.9 Å². The number of carbonyl (C=O) groups is 2. The van der Waals surface area contributed by atoms with Crippen LogP contribution in [0.15, 0.2) is 12.1 Å². The fourth-order valence-corrected chi connectivity index (χ4v) is 1.89. The Hall–Kier alpha value is -2.64. The Bertz CT molecular complexity index is 522. The average Bonchev–Trinajstić information content (AvgIpc) is 2.57. The zero-order valence-electron chi connectivity index (χ0n) is 13.7. The van der Waals surface area contributed by atoms with Gasteiger partial charge in [-0.1, -0.05) is 0 Å². The van der Waals surface area contributed by atoms with Gasteiger partial charge in [0.15, 0.2) is 11.5 Å². The van der Waals surface area contributed by atoms with Gasteiger partial charge in [0.25, 0.3) is 0 Å². The predicted molar refractivity (Wildman–Crippen MR) is 82.7 cm³/mol. The first-order valence-electron chi connectivity index (χ1n) is 7.06. The topological polar surface area (TPSA) is 95.1 Å². The van der Waals surface area contributed by atoms with E-state index in [1.807, 2.05) is 0 Å². The van der Waals surface area contributed by atoms with Crippen molar-refractivity contribution in [1.29, 1.82) is 0 Å². The van der Waals surface area contributed by atoms with Gasteiger partial charge in [-0.2, -0.15) is 0 Å². The first-order chi connectivity index (χ1) is 11.0. The third-order valence-corrected chi connectivity index (χ3v) is 2.94. The number of rotatable bonds is 7. The number of aryl methyl sites for hydroxylation is 1. The molecular weight excluding hydrogens is 304 g/mol. The van der Waals surface area contributed by atoms with Gasteiger partial charge in [0, 0.05) is 6.42 Å². The van der Waals surface area contributed by atoms with Crippen LogP contribution in [-0.2, 0) is 16.0 Å². The zero-order valence-corrected chi connectivity index (χ0v) is 13.7. The second-order valence-corrected chi connectivity index (χ2v) is 4.43. The minimum Gasteiger partial charge on any atom is -0.493 e. The van der Waals surface area contributed by atoms with Crippen molar-refractivity contribution >= 4 is 12.0 Å². The van der Waals surface area contributed by atoms with Gasteiger partial charge in [-0.3, -0.25) is 10.2 Å². The summed E-state index contributed by atoms with van der Waals surface area (Å²) in [7, 11) is 4.57. The maximum absolute atomic E-state index is 11.7. The fourth-order valence-electron chi connectivity index (χ4n) is 1.89. The Morgan fingerprint density at radius 3 is 2.09 bits per heavy atom. The van der Waals surface area contributed by atoms with E-state index in [9.17, 15) is 9.59 Å². The molecule has 128 valence electrons. The molecule has 0 atom stereocenters. The van der Waals surface area contributed by atoms with E-state index in [1.165, 1.54) is 21.3 Å². The molecule has 0 aliphatic heterocycles. The van der Waals surface area contributed by atoms with E-state index in [0.717, 1.165) is 5.56 Å². The number of nitrogens with one attached hydrogen (secondary N) is 2. The van der Waals surface area contributed by atoms with Crippen LogP contribution in [0.25, 0.3) is 0 Å². The molecule has 0 aliphatic rings. The highest BCUT2D eigenvalue weighted by Crippen LogP contribution is 2.38. The molecule has 1 aromatic carbocycles. The number of amides is 2. The lowest BCUT2D eigenvalue weighted by Crippen LogP contribution is -2.42. The van der Waals surface area contributed by atoms with Crippen LogP contribution in [0, 0.1) is 0 Å². The molecule has 8 nitrogen and oxygen atoms in total. The molecule has 2 N–H and O–H groups in total. The van der Waals surface area contributed by atoms with E-state index in [0.29, 0.717) is 23.7 Å². The highest BCUT2D eigenvalue weighted by Gasteiger charge is 2.14. The minimum absolute atomic E-state index is 0.172. The van der Waals surface area contributed by atoms with E-state index >= 15 is 0 Å². The molecule has 0 saturated heterocycles. The van der Waals surface area contributed by atoms with E-state index in [4.69, 9.17) is 14.2 Å². The molecule has 0 fully saturated rings. The number of carbonyl (C=O) groups excluding carboxylic acids is 2. The summed E-state index contributed by atoms with van der Waals surface area (Å²) in [6.07, 6.45) is -0.0911. The first kappa shape index (κ1) is 18.4. The van der Waals surface area contributed by atoms with Crippen LogP contribution in [0.1, 0.15) is 18.9 Å². The SMILES string of the molecule is CCOC(=O)NNC(=O)CCc1cc(OC)c(OC)c(OC)c1. The summed E-state index contributed by atoms with van der Waals surface area (Å²) in [5, 5.41) is 0. The highest BCUT2D eigenvalue weighted by atomic mass is 16.6. The molecule has 8 heteroatoms. The van der Waals surface area contributed by atoms with E-state index in [1.54, 1.807) is 19.1 Å². The summed E-state index contributed by atoms with van der Waals surface area (Å²) in [6, 6.07) is 3.54. The lowest BCUT2D eigenvalue weighted by molar-refractivity contribution is -0.121. The largest absolute Gasteiger partial charge is 0.493 e. The van der Waals surface area contributed by atoms with Crippen molar-refractivity contribution in [2.75, 3.05) is 27.9 Å². The van der Waals surface area contributed by atoms with Crippen molar-refractivity contribution < 1.29 is 28.5 Å². The zero-order chi connectivity index (χ0) is 17.2. The Labute approximate surface area is 135 Å². The number of hydrogen-bond donors (Lipinski definition) is 2. The van der Waals surface area contributed by atoms with Gasteiger partial charge in [0.1, 0.15) is 0 Å². The molecule has 0 aromatic heterocycles. The summed E-state index contributed by atoms with van der Waals surface area (Å²) in [4.78, 5) is 22.8. The van der Waals surface area contributed by atoms with Gasteiger partial charge in [0.05, 0.1) is 27.9 Å². The molecule has 0 bridgehead atoms. The van der Waals surface area contributed by atoms with E-state index < -0.39 is 6.09 Å². The molecule has 0 aliphatic carbocycles. The van der Waals surface area contributed by atoms with Gasteiger partial charge in [-0.25, -0.2) is 10.2 Å². The van der Waals surface area contributed by atoms with Crippen molar-refractivity contribution in [3.8, 4) is 17.2 Å². The maximum Gasteiger partial charge on any atom is 0.426 e. The quantitative estimate of drug-likeness (QED) is 0.736. The molecule has 1 aromatic rings. The Morgan fingerprint density at radius 1 is 1.00 bits per heavy atom. The van der Waals surface area contributed by atoms with Crippen LogP contribution >= 0.6 is 0 Å². The van der Waals surface area contributed by atoms with Gasteiger partial charge in [-0.15, -0.1) is 0 Å². The maximum atomic E-state index is 11.7. The van der Waals surface area contributed by atoms with Crippen LogP contribution in [0.4, 0.5) is 4.79 Å². The number of benzene rings is 1. The summed E-state index contributed by atoms with van der Waals surface area (Å²) < 4.78 is 20.4. The third-order valence-electron chi connectivity index (χ3n) is 2.94. The van der Waals surface area contributed by atoms with Gasteiger partial charge in [-0.05, 0) is 31.0 Å². The smallest absolute Gasteiger partial charge is 0.426 e. The summed E-state index contributed by atoms with van der Waals surface area (Å²) >= 11 is 0. The van der Waals surface area contributed by atoms with Crippen molar-refractivity contribution in [2.24, 2.45) is 0 Å². The second-order valence-electron chi connectivity index (χ2n) is 4.43. The van der Waals surface area contributed by atoms with Crippen LogP contribution in [0.5, 0.6) is 17.2 Å². The van der Waals surface area contributed by atoms with Crippen molar-refractivity contribution in [2.45, 2.75) is 19.8 Å². The summed E-state index contributed by atoms with van der Waals surface area (Å²) in [5.41, 5.74) is 5.26. The van der Waals surface area contributed by atoms with E-state index in [2.05, 4.69) is 15.6 Å². The highest BCUT2D eigenvalue weighted by molar-refractivity contribution is 5.79. The molecule has 0 radical (unpaired) electrons. The van der Waals surface area contributed by atoms with Crippen molar-refractivity contribution in [1.82, 2.24) is 10.9 Å². The standard InChI is InChI=1S/C15H22N2O6/c1-5-23-15(19)17-16-13(18)7-6-10-8-11(20-2)14(22-4)12(9-10)21-3/h8-9H,5-7H2,1-4H3,(H,16,18)(H,17,19). The van der Waals surface area contributed by atoms with Gasteiger partial charge in [0.2, 0.25) is 11.7 Å². The fraction of sp³-hybridized carbons (Fsp3) is 0.467. The monoisotopic (exact) mass is 326 g/mol. The molecule has 1 rings (SSSR count). The lowest BCUT2D eigenvalue weighted by atomic mass is 10.1. The molecule has 0 unspecified atom stereocenters. The number of hydrogen-bond acceptors (Lipinski definition) is 6. The minimum atomic E-state index is -0.700. The van der Waals surface area contributed by atoms with Crippen LogP contribution < -0.4 is 25.1 Å². The summed E-state index contributed by atoms with van der Waals surface area (Å²) in [5.74, 6) is 1.19. The Morgan fingerprint density at radius 2 is 1.61 bits per heavy atom. The predicted octanol–water partition coefficient (Wildman–Crippen LogP) is 1.42. The van der Waals surface area contributed by atoms with Gasteiger partial charge < -0.3 is 18.9 Å². The van der Waals surface area contributed by atoms with E-state index in [-0.39, 0.29) is 18.9 Å². The lowest BCUT2D eigenvalue weighted by Gasteiger charge is -2.14.